The Hall–Kier alpha value is -2.35. The third-order valence-electron chi connectivity index (χ3n) is 4.56. The van der Waals surface area contributed by atoms with E-state index in [1.165, 1.54) is 0 Å². The number of hydrogen-bond acceptors (Lipinski definition) is 5. The molecule has 134 valence electrons. The lowest BCUT2D eigenvalue weighted by Crippen LogP contribution is -2.23. The van der Waals surface area contributed by atoms with Crippen molar-refractivity contribution in [2.24, 2.45) is 4.99 Å². The highest BCUT2D eigenvalue weighted by atomic mass is 79.9. The molecular formula is C18H19BrN6O. The van der Waals surface area contributed by atoms with Crippen molar-refractivity contribution < 1.29 is 0 Å². The summed E-state index contributed by atoms with van der Waals surface area (Å²) in [5.41, 5.74) is 2.29. The number of hydrogen-bond donors (Lipinski definition) is 0. The second-order valence-electron chi connectivity index (χ2n) is 6.48. The highest BCUT2D eigenvalue weighted by molar-refractivity contribution is 9.18. The minimum absolute atomic E-state index is 0.102. The highest BCUT2D eigenvalue weighted by Crippen LogP contribution is 2.29. The quantitative estimate of drug-likeness (QED) is 0.599. The molecule has 0 radical (unpaired) electrons. The van der Waals surface area contributed by atoms with Gasteiger partial charge in [0.25, 0.3) is 5.56 Å². The van der Waals surface area contributed by atoms with Crippen LogP contribution in [0.4, 0.5) is 5.82 Å². The molecule has 0 aliphatic carbocycles. The molecule has 0 saturated heterocycles. The van der Waals surface area contributed by atoms with Gasteiger partial charge in [0, 0.05) is 30.4 Å². The van der Waals surface area contributed by atoms with Crippen molar-refractivity contribution >= 4 is 32.1 Å². The van der Waals surface area contributed by atoms with Crippen LogP contribution in [0.3, 0.4) is 0 Å². The van der Waals surface area contributed by atoms with Crippen LogP contribution in [0, 0.1) is 6.92 Å². The first kappa shape index (κ1) is 17.1. The number of halogens is 1. The molecule has 0 unspecified atom stereocenters. The number of aryl methyl sites for hydroxylation is 2. The molecule has 0 fully saturated rings. The van der Waals surface area contributed by atoms with Crippen LogP contribution in [-0.4, -0.2) is 28.8 Å². The van der Waals surface area contributed by atoms with E-state index >= 15 is 0 Å². The lowest BCUT2D eigenvalue weighted by Gasteiger charge is -2.12. The highest BCUT2D eigenvalue weighted by Gasteiger charge is 2.25. The molecule has 26 heavy (non-hydrogen) atoms. The molecule has 0 bridgehead atoms. The van der Waals surface area contributed by atoms with Gasteiger partial charge in [0.2, 0.25) is 5.78 Å². The van der Waals surface area contributed by atoms with Crippen LogP contribution in [0.2, 0.25) is 0 Å². The van der Waals surface area contributed by atoms with E-state index in [1.54, 1.807) is 10.6 Å². The Morgan fingerprint density at radius 2 is 2.12 bits per heavy atom. The Labute approximate surface area is 159 Å². The molecule has 0 atom stereocenters. The first-order valence-corrected chi connectivity index (χ1v) is 9.56. The maximum Gasteiger partial charge on any atom is 0.266 e. The fraction of sp³-hybridized carbons (Fsp3) is 0.389. The predicted molar refractivity (Wildman–Crippen MR) is 104 cm³/mol. The van der Waals surface area contributed by atoms with Crippen LogP contribution >= 0.6 is 15.9 Å². The van der Waals surface area contributed by atoms with E-state index in [0.717, 1.165) is 41.7 Å². The van der Waals surface area contributed by atoms with Crippen LogP contribution in [0.25, 0.3) is 17.2 Å². The summed E-state index contributed by atoms with van der Waals surface area (Å²) in [7, 11) is 0. The standard InChI is InChI=1S/C18H19BrN6O/c1-3-4-5-8-24-16-13(10-14(19)21-16)17(26)25-15(22-23-18(24)25)12-6-7-20-11(2)9-12/h6-7,9H,3-5,8,10H2,1-2H3. The fourth-order valence-corrected chi connectivity index (χ4v) is 3.75. The number of rotatable bonds is 5. The number of aliphatic imine (C=N–C) groups is 1. The van der Waals surface area contributed by atoms with Crippen molar-refractivity contribution in [1.29, 1.82) is 0 Å². The summed E-state index contributed by atoms with van der Waals surface area (Å²) in [5.74, 6) is 1.79. The zero-order chi connectivity index (χ0) is 18.3. The summed E-state index contributed by atoms with van der Waals surface area (Å²) in [6.07, 6.45) is 5.47. The normalized spacial score (nSPS) is 13.3. The van der Waals surface area contributed by atoms with Gasteiger partial charge in [0.15, 0.2) is 5.82 Å². The Kier molecular flexibility index (Phi) is 4.44. The van der Waals surface area contributed by atoms with Gasteiger partial charge in [0.1, 0.15) is 5.82 Å². The Morgan fingerprint density at radius 3 is 2.88 bits per heavy atom. The van der Waals surface area contributed by atoms with Gasteiger partial charge in [-0.3, -0.25) is 14.3 Å². The zero-order valence-corrected chi connectivity index (χ0v) is 16.3. The molecule has 0 saturated carbocycles. The molecule has 0 spiro atoms. The van der Waals surface area contributed by atoms with Crippen LogP contribution in [0.15, 0.2) is 28.1 Å². The average Bonchev–Trinajstić information content (AvgIpc) is 3.22. The number of fused-ring (bicyclic) bond motifs is 2. The summed E-state index contributed by atoms with van der Waals surface area (Å²) in [6.45, 7) is 4.84. The van der Waals surface area contributed by atoms with Crippen molar-refractivity contribution in [2.75, 3.05) is 0 Å². The molecule has 8 heteroatoms. The molecule has 0 N–H and O–H groups in total. The Balaban J connectivity index is 1.96. The van der Waals surface area contributed by atoms with E-state index in [-0.39, 0.29) is 5.56 Å². The largest absolute Gasteiger partial charge is 0.294 e. The lowest BCUT2D eigenvalue weighted by atomic mass is 10.2. The summed E-state index contributed by atoms with van der Waals surface area (Å²) in [5, 5.41) is 8.66. The van der Waals surface area contributed by atoms with Gasteiger partial charge in [-0.1, -0.05) is 19.8 Å². The molecule has 3 aromatic rings. The van der Waals surface area contributed by atoms with E-state index < -0.39 is 0 Å². The lowest BCUT2D eigenvalue weighted by molar-refractivity contribution is 0.603. The van der Waals surface area contributed by atoms with E-state index in [1.807, 2.05) is 23.6 Å². The van der Waals surface area contributed by atoms with Crippen molar-refractivity contribution in [3.05, 3.63) is 39.9 Å². The van der Waals surface area contributed by atoms with Crippen LogP contribution in [-0.2, 0) is 13.0 Å². The number of pyridine rings is 1. The van der Waals surface area contributed by atoms with Gasteiger partial charge < -0.3 is 0 Å². The average molecular weight is 415 g/mol. The van der Waals surface area contributed by atoms with Crippen molar-refractivity contribution in [3.63, 3.8) is 0 Å². The summed E-state index contributed by atoms with van der Waals surface area (Å²) < 4.78 is 4.41. The second-order valence-corrected chi connectivity index (χ2v) is 7.39. The smallest absolute Gasteiger partial charge is 0.266 e. The molecule has 4 rings (SSSR count). The molecule has 1 aliphatic heterocycles. The van der Waals surface area contributed by atoms with E-state index in [9.17, 15) is 4.79 Å². The summed E-state index contributed by atoms with van der Waals surface area (Å²) in [6, 6.07) is 3.76. The molecule has 3 aromatic heterocycles. The van der Waals surface area contributed by atoms with Crippen molar-refractivity contribution in [3.8, 4) is 11.4 Å². The topological polar surface area (TPSA) is 77.4 Å². The van der Waals surface area contributed by atoms with E-state index in [2.05, 4.69) is 43.0 Å². The minimum Gasteiger partial charge on any atom is -0.294 e. The number of unbranched alkanes of at least 4 members (excludes halogenated alkanes) is 2. The molecule has 0 amide bonds. The van der Waals surface area contributed by atoms with Crippen LogP contribution in [0.5, 0.6) is 0 Å². The second kappa shape index (κ2) is 6.75. The summed E-state index contributed by atoms with van der Waals surface area (Å²) in [4.78, 5) is 21.9. The minimum atomic E-state index is -0.102. The molecular weight excluding hydrogens is 396 g/mol. The Bertz CT molecular complexity index is 1080. The SMILES string of the molecule is CCCCCn1c2c(c(=O)n3c(-c4ccnc(C)c4)nnc13)CC(Br)=N2. The van der Waals surface area contributed by atoms with Gasteiger partial charge in [0.05, 0.1) is 10.2 Å². The number of aromatic nitrogens is 5. The Morgan fingerprint density at radius 1 is 1.27 bits per heavy atom. The number of nitrogens with zero attached hydrogens (tertiary/aromatic N) is 6. The van der Waals surface area contributed by atoms with Gasteiger partial charge in [-0.15, -0.1) is 10.2 Å². The van der Waals surface area contributed by atoms with Gasteiger partial charge in [-0.25, -0.2) is 9.39 Å². The molecule has 4 heterocycles. The monoisotopic (exact) mass is 414 g/mol. The zero-order valence-electron chi connectivity index (χ0n) is 14.7. The summed E-state index contributed by atoms with van der Waals surface area (Å²) >= 11 is 3.45. The van der Waals surface area contributed by atoms with Crippen LogP contribution in [0.1, 0.15) is 37.4 Å². The predicted octanol–water partition coefficient (Wildman–Crippen LogP) is 3.43. The van der Waals surface area contributed by atoms with E-state index in [4.69, 9.17) is 0 Å². The fourth-order valence-electron chi connectivity index (χ4n) is 3.31. The maximum atomic E-state index is 13.1. The van der Waals surface area contributed by atoms with Gasteiger partial charge in [-0.05, 0) is 41.4 Å². The van der Waals surface area contributed by atoms with Gasteiger partial charge in [-0.2, -0.15) is 0 Å². The molecule has 1 aliphatic rings. The third-order valence-corrected chi connectivity index (χ3v) is 5.02. The molecule has 7 nitrogen and oxygen atoms in total. The van der Waals surface area contributed by atoms with Gasteiger partial charge >= 0.3 is 0 Å². The van der Waals surface area contributed by atoms with E-state index in [0.29, 0.717) is 29.4 Å². The van der Waals surface area contributed by atoms with Crippen molar-refractivity contribution in [1.82, 2.24) is 24.1 Å². The first-order chi connectivity index (χ1) is 12.6. The van der Waals surface area contributed by atoms with Crippen molar-refractivity contribution in [2.45, 2.75) is 46.1 Å². The third kappa shape index (κ3) is 2.78. The van der Waals surface area contributed by atoms with Crippen LogP contribution < -0.4 is 5.56 Å². The maximum absolute atomic E-state index is 13.1. The molecule has 0 aromatic carbocycles. The first-order valence-electron chi connectivity index (χ1n) is 8.77.